The molecule has 0 saturated carbocycles. The molecule has 0 amide bonds. The molecule has 0 bridgehead atoms. The SMILES string of the molecule is CCCCCCc1cc(Cc2ccc(Cc3ccc(Cc4ccc(Cc5ccc(N)cc5)c(CCCCCC)c4)cc3)cc2)ccc1Cc1ccc(N)cc1. The van der Waals surface area contributed by atoms with E-state index in [1.807, 2.05) is 24.3 Å². The molecule has 0 heterocycles. The fourth-order valence-corrected chi connectivity index (χ4v) is 7.84. The van der Waals surface area contributed by atoms with E-state index in [1.54, 1.807) is 0 Å². The van der Waals surface area contributed by atoms with Gasteiger partial charge in [0.2, 0.25) is 0 Å². The summed E-state index contributed by atoms with van der Waals surface area (Å²) in [5, 5.41) is 0. The van der Waals surface area contributed by atoms with Crippen molar-refractivity contribution in [2.75, 3.05) is 11.5 Å². The Morgan fingerprint density at radius 3 is 0.927 bits per heavy atom. The Kier molecular flexibility index (Phi) is 14.8. The summed E-state index contributed by atoms with van der Waals surface area (Å²) in [4.78, 5) is 0. The molecule has 0 radical (unpaired) electrons. The van der Waals surface area contributed by atoms with E-state index in [9.17, 15) is 0 Å². The Labute approximate surface area is 332 Å². The maximum atomic E-state index is 5.95. The third-order valence-corrected chi connectivity index (χ3v) is 11.2. The van der Waals surface area contributed by atoms with Crippen LogP contribution in [0.4, 0.5) is 11.4 Å². The van der Waals surface area contributed by atoms with Crippen LogP contribution in [-0.4, -0.2) is 0 Å². The Balaban J connectivity index is 1.06. The van der Waals surface area contributed by atoms with Crippen LogP contribution in [0.2, 0.25) is 0 Å². The lowest BCUT2D eigenvalue weighted by molar-refractivity contribution is 0.665. The summed E-state index contributed by atoms with van der Waals surface area (Å²) in [7, 11) is 0. The number of nitrogens with two attached hydrogens (primary N) is 2. The van der Waals surface area contributed by atoms with Crippen molar-refractivity contribution < 1.29 is 0 Å². The maximum Gasteiger partial charge on any atom is 0.0314 e. The number of anilines is 2. The molecule has 6 aromatic rings. The van der Waals surface area contributed by atoms with Gasteiger partial charge in [-0.3, -0.25) is 0 Å². The number of unbranched alkanes of at least 4 members (excludes halogenated alkanes) is 6. The summed E-state index contributed by atoms with van der Waals surface area (Å²) in [5.41, 5.74) is 30.3. The van der Waals surface area contributed by atoms with Crippen molar-refractivity contribution in [3.8, 4) is 0 Å². The topological polar surface area (TPSA) is 52.0 Å². The first-order chi connectivity index (χ1) is 26.9. The second kappa shape index (κ2) is 20.6. The predicted octanol–water partition coefficient (Wildman–Crippen LogP) is 13.1. The van der Waals surface area contributed by atoms with Crippen LogP contribution >= 0.6 is 0 Å². The second-order valence-electron chi connectivity index (χ2n) is 15.8. The van der Waals surface area contributed by atoms with E-state index in [-0.39, 0.29) is 0 Å². The highest BCUT2D eigenvalue weighted by molar-refractivity contribution is 5.45. The Bertz CT molecular complexity index is 1890. The molecule has 0 aliphatic rings. The molecule has 6 aromatic carbocycles. The normalized spacial score (nSPS) is 11.2. The lowest BCUT2D eigenvalue weighted by Gasteiger charge is -2.14. The van der Waals surface area contributed by atoms with Gasteiger partial charge >= 0.3 is 0 Å². The van der Waals surface area contributed by atoms with E-state index >= 15 is 0 Å². The smallest absolute Gasteiger partial charge is 0.0314 e. The van der Waals surface area contributed by atoms with Gasteiger partial charge in [0.15, 0.2) is 0 Å². The number of hydrogen-bond donors (Lipinski definition) is 2. The van der Waals surface area contributed by atoms with Crippen LogP contribution < -0.4 is 11.5 Å². The van der Waals surface area contributed by atoms with Crippen molar-refractivity contribution in [2.24, 2.45) is 0 Å². The Morgan fingerprint density at radius 1 is 0.291 bits per heavy atom. The standard InChI is InChI=1S/C53H62N2/c1-3-5-7-9-11-48-38-46(21-27-50(48)36-44-23-29-52(54)30-24-44)34-42-17-13-40(14-18-42)33-41-15-19-43(20-16-41)35-47-22-28-51(37-45-25-31-53(55)32-26-45)49(39-47)12-10-8-6-4-2/h13-32,38-39H,3-12,33-37,54-55H2,1-2H3. The van der Waals surface area contributed by atoms with Gasteiger partial charge in [0.25, 0.3) is 0 Å². The van der Waals surface area contributed by atoms with Crippen LogP contribution in [0.1, 0.15) is 132 Å². The third-order valence-electron chi connectivity index (χ3n) is 11.2. The van der Waals surface area contributed by atoms with Gasteiger partial charge in [0, 0.05) is 11.4 Å². The minimum absolute atomic E-state index is 0.824. The molecular weight excluding hydrogens is 665 g/mol. The monoisotopic (exact) mass is 726 g/mol. The van der Waals surface area contributed by atoms with Crippen LogP contribution in [0.5, 0.6) is 0 Å². The second-order valence-corrected chi connectivity index (χ2v) is 15.8. The molecule has 6 rings (SSSR count). The molecule has 0 atom stereocenters. The first-order valence-electron chi connectivity index (χ1n) is 21.0. The highest BCUT2D eigenvalue weighted by Crippen LogP contribution is 2.24. The molecule has 0 fully saturated rings. The van der Waals surface area contributed by atoms with Gasteiger partial charge in [-0.1, -0.05) is 162 Å². The summed E-state index contributed by atoms with van der Waals surface area (Å²) in [5.74, 6) is 0. The van der Waals surface area contributed by atoms with E-state index < -0.39 is 0 Å². The Morgan fingerprint density at radius 2 is 0.582 bits per heavy atom. The van der Waals surface area contributed by atoms with Crippen molar-refractivity contribution in [2.45, 2.75) is 110 Å². The highest BCUT2D eigenvalue weighted by atomic mass is 14.5. The van der Waals surface area contributed by atoms with Crippen LogP contribution in [0.15, 0.2) is 133 Å². The van der Waals surface area contributed by atoms with Gasteiger partial charge in [-0.05, 0) is 149 Å². The van der Waals surface area contributed by atoms with Crippen LogP contribution in [-0.2, 0) is 44.9 Å². The van der Waals surface area contributed by atoms with Crippen molar-refractivity contribution in [3.05, 3.63) is 200 Å². The van der Waals surface area contributed by atoms with E-state index in [0.717, 1.165) is 56.3 Å². The van der Waals surface area contributed by atoms with Gasteiger partial charge in [-0.2, -0.15) is 0 Å². The van der Waals surface area contributed by atoms with Crippen LogP contribution in [0.25, 0.3) is 0 Å². The van der Waals surface area contributed by atoms with Crippen molar-refractivity contribution in [1.82, 2.24) is 0 Å². The van der Waals surface area contributed by atoms with Crippen molar-refractivity contribution in [1.29, 1.82) is 0 Å². The third kappa shape index (κ3) is 12.5. The maximum absolute atomic E-state index is 5.95. The van der Waals surface area contributed by atoms with Crippen molar-refractivity contribution in [3.63, 3.8) is 0 Å². The summed E-state index contributed by atoms with van der Waals surface area (Å²) < 4.78 is 0. The average molecular weight is 727 g/mol. The van der Waals surface area contributed by atoms with Crippen molar-refractivity contribution >= 4 is 11.4 Å². The molecule has 0 aliphatic carbocycles. The number of aryl methyl sites for hydroxylation is 2. The number of hydrogen-bond acceptors (Lipinski definition) is 2. The van der Waals surface area contributed by atoms with Gasteiger partial charge in [-0.15, -0.1) is 0 Å². The molecule has 2 nitrogen and oxygen atoms in total. The molecular formula is C53H62N2. The molecule has 0 spiro atoms. The summed E-state index contributed by atoms with van der Waals surface area (Å²) >= 11 is 0. The zero-order valence-corrected chi connectivity index (χ0v) is 33.5. The first-order valence-corrected chi connectivity index (χ1v) is 21.0. The van der Waals surface area contributed by atoms with Crippen LogP contribution in [0, 0.1) is 0 Å². The average Bonchev–Trinajstić information content (AvgIpc) is 3.20. The predicted molar refractivity (Wildman–Crippen MR) is 237 cm³/mol. The number of nitrogen functional groups attached to an aromatic ring is 2. The lowest BCUT2D eigenvalue weighted by Crippen LogP contribution is -2.00. The molecule has 0 aliphatic heterocycles. The molecule has 2 heteroatoms. The van der Waals surface area contributed by atoms with E-state index in [4.69, 9.17) is 11.5 Å². The number of benzene rings is 6. The van der Waals surface area contributed by atoms with Gasteiger partial charge in [0.1, 0.15) is 0 Å². The zero-order chi connectivity index (χ0) is 38.2. The molecule has 55 heavy (non-hydrogen) atoms. The van der Waals surface area contributed by atoms with E-state index in [0.29, 0.717) is 0 Å². The number of rotatable bonds is 20. The Hall–Kier alpha value is -5.08. The zero-order valence-electron chi connectivity index (χ0n) is 33.5. The fraction of sp³-hybridized carbons (Fsp3) is 0.321. The minimum Gasteiger partial charge on any atom is -0.399 e. The van der Waals surface area contributed by atoms with E-state index in [1.165, 1.54) is 118 Å². The summed E-state index contributed by atoms with van der Waals surface area (Å²) in [6, 6.07) is 49.6. The van der Waals surface area contributed by atoms with E-state index in [2.05, 4.69) is 123 Å². The largest absolute Gasteiger partial charge is 0.399 e. The van der Waals surface area contributed by atoms with Gasteiger partial charge in [0.05, 0.1) is 0 Å². The molecule has 284 valence electrons. The fourth-order valence-electron chi connectivity index (χ4n) is 7.84. The molecule has 4 N–H and O–H groups in total. The summed E-state index contributed by atoms with van der Waals surface area (Å²) in [6.45, 7) is 4.57. The first kappa shape index (κ1) is 39.6. The highest BCUT2D eigenvalue weighted by Gasteiger charge is 2.10. The molecule has 0 unspecified atom stereocenters. The van der Waals surface area contributed by atoms with Gasteiger partial charge in [-0.25, -0.2) is 0 Å². The lowest BCUT2D eigenvalue weighted by atomic mass is 9.92. The minimum atomic E-state index is 0.824. The summed E-state index contributed by atoms with van der Waals surface area (Å²) in [6.07, 6.45) is 17.3. The quantitative estimate of drug-likeness (QED) is 0.0608. The van der Waals surface area contributed by atoms with Crippen LogP contribution in [0.3, 0.4) is 0 Å². The molecule has 0 aromatic heterocycles. The van der Waals surface area contributed by atoms with Gasteiger partial charge < -0.3 is 11.5 Å². The molecule has 0 saturated heterocycles.